The Labute approximate surface area is 252 Å². The van der Waals surface area contributed by atoms with Gasteiger partial charge in [-0.2, -0.15) is 0 Å². The standard InChI is InChI=1S/C30H46N6O7/c1-15(2)18-10-12-36(21(18)26(40)33-19(14-17-8-9-17)22(37)25(31)39)28(41)24(30(5,6)7)35-29(42)34-20(16(3)4)23(38)27-32-11-13-43-27/h11,13,15-21,24H,8-10,12,14H2,1-7H3,(H2,31,39)(H,33,40)(H2,34,35,42)/t18-,19?,20+,21+,24-/m1/s1. The van der Waals surface area contributed by atoms with Gasteiger partial charge in [0, 0.05) is 6.54 Å². The van der Waals surface area contributed by atoms with E-state index in [9.17, 15) is 28.8 Å². The molecule has 1 aliphatic carbocycles. The predicted octanol–water partition coefficient (Wildman–Crippen LogP) is 1.81. The number of nitrogens with one attached hydrogen (secondary N) is 3. The second-order valence-electron chi connectivity index (χ2n) is 13.5. The molecule has 13 nitrogen and oxygen atoms in total. The molecule has 1 saturated heterocycles. The van der Waals surface area contributed by atoms with Crippen LogP contribution in [0.3, 0.4) is 0 Å². The van der Waals surface area contributed by atoms with Crippen molar-refractivity contribution in [2.45, 2.75) is 98.3 Å². The van der Waals surface area contributed by atoms with Crippen LogP contribution in [0.2, 0.25) is 0 Å². The number of Topliss-reactive ketones (excluding diaryl/α,β-unsaturated/α-hetero) is 2. The average Bonchev–Trinajstić information content (AvgIpc) is 3.37. The molecule has 5 atom stereocenters. The summed E-state index contributed by atoms with van der Waals surface area (Å²) < 4.78 is 5.11. The maximum absolute atomic E-state index is 14.1. The first kappa shape index (κ1) is 33.7. The van der Waals surface area contributed by atoms with Crippen molar-refractivity contribution in [1.82, 2.24) is 25.8 Å². The topological polar surface area (TPSA) is 194 Å². The zero-order valence-electron chi connectivity index (χ0n) is 26.1. The summed E-state index contributed by atoms with van der Waals surface area (Å²) in [6, 6.07) is -4.73. The molecule has 5 amide bonds. The van der Waals surface area contributed by atoms with E-state index in [4.69, 9.17) is 10.2 Å². The fourth-order valence-electron chi connectivity index (χ4n) is 5.59. The van der Waals surface area contributed by atoms with Gasteiger partial charge in [0.1, 0.15) is 24.4 Å². The number of oxazole rings is 1. The number of hydrogen-bond acceptors (Lipinski definition) is 8. The minimum Gasteiger partial charge on any atom is -0.442 e. The molecule has 1 saturated carbocycles. The van der Waals surface area contributed by atoms with Gasteiger partial charge in [-0.15, -0.1) is 0 Å². The smallest absolute Gasteiger partial charge is 0.316 e. The van der Waals surface area contributed by atoms with Crippen LogP contribution in [0.4, 0.5) is 4.79 Å². The number of carbonyl (C=O) groups is 6. The van der Waals surface area contributed by atoms with E-state index in [0.717, 1.165) is 12.8 Å². The summed E-state index contributed by atoms with van der Waals surface area (Å²) in [5.41, 5.74) is 4.49. The van der Waals surface area contributed by atoms with E-state index in [1.54, 1.807) is 34.6 Å². The van der Waals surface area contributed by atoms with Crippen LogP contribution in [-0.2, 0) is 19.2 Å². The van der Waals surface area contributed by atoms with Crippen molar-refractivity contribution >= 4 is 35.3 Å². The molecule has 1 aliphatic heterocycles. The second kappa shape index (κ2) is 13.7. The van der Waals surface area contributed by atoms with E-state index in [-0.39, 0.29) is 36.1 Å². The van der Waals surface area contributed by atoms with E-state index in [1.807, 2.05) is 13.8 Å². The number of aromatic nitrogens is 1. The van der Waals surface area contributed by atoms with Crippen molar-refractivity contribution in [1.29, 1.82) is 0 Å². The van der Waals surface area contributed by atoms with Gasteiger partial charge in [-0.25, -0.2) is 9.78 Å². The fraction of sp³-hybridized carbons (Fsp3) is 0.700. The first-order valence-corrected chi connectivity index (χ1v) is 15.0. The molecular formula is C30H46N6O7. The van der Waals surface area contributed by atoms with E-state index in [2.05, 4.69) is 20.9 Å². The van der Waals surface area contributed by atoms with Gasteiger partial charge in [0.15, 0.2) is 0 Å². The number of nitrogens with zero attached hydrogens (tertiary/aromatic N) is 2. The predicted molar refractivity (Wildman–Crippen MR) is 156 cm³/mol. The molecule has 43 heavy (non-hydrogen) atoms. The zero-order chi connectivity index (χ0) is 32.2. The van der Waals surface area contributed by atoms with Crippen LogP contribution in [0.5, 0.6) is 0 Å². The van der Waals surface area contributed by atoms with Gasteiger partial charge in [-0.1, -0.05) is 61.3 Å². The number of amides is 5. The number of likely N-dealkylation sites (tertiary alicyclic amines) is 1. The highest BCUT2D eigenvalue weighted by molar-refractivity contribution is 6.37. The molecule has 5 N–H and O–H groups in total. The molecule has 0 bridgehead atoms. The summed E-state index contributed by atoms with van der Waals surface area (Å²) >= 11 is 0. The van der Waals surface area contributed by atoms with Crippen molar-refractivity contribution in [3.8, 4) is 0 Å². The Balaban J connectivity index is 1.82. The lowest BCUT2D eigenvalue weighted by Gasteiger charge is -2.37. The lowest BCUT2D eigenvalue weighted by Crippen LogP contribution is -2.62. The van der Waals surface area contributed by atoms with Crippen LogP contribution in [0.1, 0.15) is 84.8 Å². The third kappa shape index (κ3) is 8.41. The van der Waals surface area contributed by atoms with Crippen molar-refractivity contribution in [3.05, 3.63) is 18.4 Å². The molecule has 2 heterocycles. The van der Waals surface area contributed by atoms with Crippen molar-refractivity contribution < 1.29 is 33.2 Å². The summed E-state index contributed by atoms with van der Waals surface area (Å²) in [5.74, 6) is -3.87. The van der Waals surface area contributed by atoms with Gasteiger partial charge in [0.2, 0.25) is 23.4 Å². The Bertz CT molecular complexity index is 1200. The van der Waals surface area contributed by atoms with Crippen LogP contribution in [0.15, 0.2) is 16.9 Å². The molecule has 0 spiro atoms. The Morgan fingerprint density at radius 3 is 2.16 bits per heavy atom. The molecule has 1 aromatic rings. The molecule has 3 rings (SSSR count). The van der Waals surface area contributed by atoms with Crippen LogP contribution < -0.4 is 21.7 Å². The first-order valence-electron chi connectivity index (χ1n) is 15.0. The molecule has 1 aromatic heterocycles. The number of hydrogen-bond donors (Lipinski definition) is 4. The largest absolute Gasteiger partial charge is 0.442 e. The minimum atomic E-state index is -1.12. The summed E-state index contributed by atoms with van der Waals surface area (Å²) in [6.07, 6.45) is 5.28. The lowest BCUT2D eigenvalue weighted by molar-refractivity contribution is -0.144. The van der Waals surface area contributed by atoms with Gasteiger partial charge in [-0.05, 0) is 41.9 Å². The van der Waals surface area contributed by atoms with Crippen LogP contribution in [-0.4, -0.2) is 75.9 Å². The lowest BCUT2D eigenvalue weighted by atomic mass is 9.84. The zero-order valence-corrected chi connectivity index (χ0v) is 26.1. The average molecular weight is 603 g/mol. The fourth-order valence-corrected chi connectivity index (χ4v) is 5.59. The highest BCUT2D eigenvalue weighted by atomic mass is 16.3. The summed E-state index contributed by atoms with van der Waals surface area (Å²) in [6.45, 7) is 13.1. The number of primary amides is 1. The molecule has 1 unspecified atom stereocenters. The number of urea groups is 1. The van der Waals surface area contributed by atoms with E-state index < -0.39 is 64.9 Å². The van der Waals surface area contributed by atoms with Crippen molar-refractivity contribution in [2.24, 2.45) is 34.8 Å². The highest BCUT2D eigenvalue weighted by Gasteiger charge is 2.48. The Kier molecular flexibility index (Phi) is 10.7. The Hall–Kier alpha value is -3.77. The third-order valence-electron chi connectivity index (χ3n) is 8.26. The maximum atomic E-state index is 14.1. The molecule has 0 radical (unpaired) electrons. The van der Waals surface area contributed by atoms with E-state index >= 15 is 0 Å². The van der Waals surface area contributed by atoms with Crippen molar-refractivity contribution in [3.63, 3.8) is 0 Å². The quantitative estimate of drug-likeness (QED) is 0.194. The van der Waals surface area contributed by atoms with Gasteiger partial charge in [0.25, 0.3) is 11.8 Å². The molecular weight excluding hydrogens is 556 g/mol. The number of rotatable bonds is 13. The van der Waals surface area contributed by atoms with E-state index in [1.165, 1.54) is 17.4 Å². The third-order valence-corrected chi connectivity index (χ3v) is 8.26. The van der Waals surface area contributed by atoms with Crippen LogP contribution in [0.25, 0.3) is 0 Å². The van der Waals surface area contributed by atoms with Crippen LogP contribution in [0, 0.1) is 29.1 Å². The molecule has 2 aliphatic rings. The van der Waals surface area contributed by atoms with Crippen molar-refractivity contribution in [2.75, 3.05) is 6.54 Å². The summed E-state index contributed by atoms with van der Waals surface area (Å²) in [4.78, 5) is 83.6. The first-order chi connectivity index (χ1) is 20.0. The van der Waals surface area contributed by atoms with Gasteiger partial charge in [-0.3, -0.25) is 24.0 Å². The maximum Gasteiger partial charge on any atom is 0.316 e. The normalized spacial score (nSPS) is 20.8. The summed E-state index contributed by atoms with van der Waals surface area (Å²) in [7, 11) is 0. The Morgan fingerprint density at radius 2 is 1.67 bits per heavy atom. The molecule has 238 valence electrons. The SMILES string of the molecule is CC(C)[C@H](NC(=O)N[C@H](C(=O)N1CC[C@H](C(C)C)[C@H]1C(=O)NC(CC1CC1)C(=O)C(N)=O)C(C)(C)C)C(=O)c1ncco1. The molecule has 13 heteroatoms. The number of ketones is 2. The monoisotopic (exact) mass is 602 g/mol. The Morgan fingerprint density at radius 1 is 1.02 bits per heavy atom. The number of carbonyl (C=O) groups excluding carboxylic acids is 6. The van der Waals surface area contributed by atoms with E-state index in [0.29, 0.717) is 12.8 Å². The second-order valence-corrected chi connectivity index (χ2v) is 13.5. The van der Waals surface area contributed by atoms with Gasteiger partial charge < -0.3 is 31.0 Å². The van der Waals surface area contributed by atoms with Gasteiger partial charge >= 0.3 is 6.03 Å². The molecule has 2 fully saturated rings. The van der Waals surface area contributed by atoms with Gasteiger partial charge in [0.05, 0.1) is 12.2 Å². The highest BCUT2D eigenvalue weighted by Crippen LogP contribution is 2.35. The summed E-state index contributed by atoms with van der Waals surface area (Å²) in [5, 5.41) is 8.12. The van der Waals surface area contributed by atoms with Crippen LogP contribution >= 0.6 is 0 Å². The minimum absolute atomic E-state index is 0.0274. The molecule has 0 aromatic carbocycles. The number of nitrogens with two attached hydrogens (primary N) is 1.